The molecular formula is C15H20N2O3. The van der Waals surface area contributed by atoms with Gasteiger partial charge in [0.05, 0.1) is 11.7 Å². The molecule has 0 bridgehead atoms. The van der Waals surface area contributed by atoms with Gasteiger partial charge in [0.25, 0.3) is 0 Å². The van der Waals surface area contributed by atoms with Gasteiger partial charge in [-0.15, -0.1) is 0 Å². The molecule has 5 heteroatoms. The van der Waals surface area contributed by atoms with Crippen LogP contribution in [0.2, 0.25) is 0 Å². The zero-order chi connectivity index (χ0) is 14.9. The highest BCUT2D eigenvalue weighted by Crippen LogP contribution is 2.22. The van der Waals surface area contributed by atoms with Gasteiger partial charge in [-0.05, 0) is 38.0 Å². The van der Waals surface area contributed by atoms with E-state index < -0.39 is 0 Å². The minimum atomic E-state index is -0.339. The van der Waals surface area contributed by atoms with Crippen molar-refractivity contribution in [1.29, 1.82) is 0 Å². The number of nitrogens with one attached hydrogen (secondary N) is 1. The summed E-state index contributed by atoms with van der Waals surface area (Å²) in [4.78, 5) is 24.7. The summed E-state index contributed by atoms with van der Waals surface area (Å²) in [7, 11) is 1.80. The smallest absolute Gasteiger partial charge is 0.308 e. The van der Waals surface area contributed by atoms with Crippen LogP contribution in [0, 0.1) is 0 Å². The number of likely N-dealkylation sites (N-methyl/N-ethyl adjacent to an activating group) is 1. The Morgan fingerprint density at radius 1 is 1.35 bits per heavy atom. The Morgan fingerprint density at radius 2 is 1.95 bits per heavy atom. The monoisotopic (exact) mass is 276 g/mol. The summed E-state index contributed by atoms with van der Waals surface area (Å²) in [5.74, 6) is 0.275. The summed E-state index contributed by atoms with van der Waals surface area (Å²) in [6, 6.07) is 7.02. The molecule has 1 aromatic rings. The van der Waals surface area contributed by atoms with E-state index in [1.54, 1.807) is 24.1 Å². The van der Waals surface area contributed by atoms with Crippen LogP contribution in [0.4, 0.5) is 0 Å². The van der Waals surface area contributed by atoms with Crippen molar-refractivity contribution < 1.29 is 14.3 Å². The molecular weight excluding hydrogens is 256 g/mol. The van der Waals surface area contributed by atoms with Gasteiger partial charge in [-0.3, -0.25) is 14.9 Å². The lowest BCUT2D eigenvalue weighted by Crippen LogP contribution is -2.45. The van der Waals surface area contributed by atoms with E-state index in [0.717, 1.165) is 5.56 Å². The molecule has 0 radical (unpaired) electrons. The van der Waals surface area contributed by atoms with Crippen molar-refractivity contribution in [3.05, 3.63) is 29.8 Å². The van der Waals surface area contributed by atoms with E-state index in [1.807, 2.05) is 26.0 Å². The zero-order valence-electron chi connectivity index (χ0n) is 12.3. The maximum atomic E-state index is 12.1. The van der Waals surface area contributed by atoms with E-state index in [0.29, 0.717) is 12.2 Å². The minimum absolute atomic E-state index is 0.0964. The number of rotatable bonds is 3. The first-order valence-corrected chi connectivity index (χ1v) is 6.62. The lowest BCUT2D eigenvalue weighted by atomic mass is 10.1. The number of benzene rings is 1. The molecule has 0 saturated carbocycles. The third kappa shape index (κ3) is 2.99. The van der Waals surface area contributed by atoms with Crippen molar-refractivity contribution >= 4 is 11.9 Å². The van der Waals surface area contributed by atoms with Crippen molar-refractivity contribution in [2.24, 2.45) is 0 Å². The number of nitrogens with zero attached hydrogens (tertiary/aromatic N) is 1. The van der Waals surface area contributed by atoms with Crippen molar-refractivity contribution in [3.63, 3.8) is 0 Å². The van der Waals surface area contributed by atoms with Gasteiger partial charge >= 0.3 is 5.97 Å². The second-order valence-corrected chi connectivity index (χ2v) is 5.59. The van der Waals surface area contributed by atoms with Crippen LogP contribution >= 0.6 is 0 Å². The summed E-state index contributed by atoms with van der Waals surface area (Å²) >= 11 is 0. The van der Waals surface area contributed by atoms with E-state index in [4.69, 9.17) is 4.74 Å². The molecule has 0 aliphatic carbocycles. The second kappa shape index (κ2) is 5.25. The molecule has 1 aliphatic heterocycles. The van der Waals surface area contributed by atoms with Gasteiger partial charge in [-0.1, -0.05) is 12.1 Å². The van der Waals surface area contributed by atoms with E-state index >= 15 is 0 Å². The fourth-order valence-electron chi connectivity index (χ4n) is 2.33. The molecule has 1 saturated heterocycles. The van der Waals surface area contributed by atoms with Gasteiger partial charge < -0.3 is 9.64 Å². The van der Waals surface area contributed by atoms with Crippen LogP contribution in [0.1, 0.15) is 26.3 Å². The number of esters is 1. The van der Waals surface area contributed by atoms with Gasteiger partial charge in [-0.25, -0.2) is 0 Å². The third-order valence-corrected chi connectivity index (χ3v) is 3.62. The predicted molar refractivity (Wildman–Crippen MR) is 75.2 cm³/mol. The fraction of sp³-hybridized carbons (Fsp3) is 0.467. The summed E-state index contributed by atoms with van der Waals surface area (Å²) in [6.07, 6.45) is 0.618. The second-order valence-electron chi connectivity index (χ2n) is 5.59. The van der Waals surface area contributed by atoms with Crippen LogP contribution in [0.15, 0.2) is 24.3 Å². The first-order valence-electron chi connectivity index (χ1n) is 6.62. The predicted octanol–water partition coefficient (Wildman–Crippen LogP) is 1.32. The molecule has 0 spiro atoms. The van der Waals surface area contributed by atoms with E-state index in [1.165, 1.54) is 6.92 Å². The van der Waals surface area contributed by atoms with Gasteiger partial charge in [0, 0.05) is 14.0 Å². The number of amides is 1. The van der Waals surface area contributed by atoms with Crippen LogP contribution in [0.3, 0.4) is 0 Å². The van der Waals surface area contributed by atoms with Crippen molar-refractivity contribution in [2.45, 2.75) is 38.9 Å². The molecule has 1 atom stereocenters. The number of hydrogen-bond donors (Lipinski definition) is 1. The summed E-state index contributed by atoms with van der Waals surface area (Å²) in [5.41, 5.74) is 0.706. The highest BCUT2D eigenvalue weighted by atomic mass is 16.5. The van der Waals surface area contributed by atoms with Crippen molar-refractivity contribution in [2.75, 3.05) is 7.05 Å². The number of carbonyl (C=O) groups excluding carboxylic acids is 2. The van der Waals surface area contributed by atoms with Crippen LogP contribution in [0.5, 0.6) is 5.75 Å². The molecule has 20 heavy (non-hydrogen) atoms. The molecule has 1 N–H and O–H groups in total. The number of ether oxygens (including phenoxy) is 1. The first-order chi connectivity index (χ1) is 9.29. The Kier molecular flexibility index (Phi) is 3.81. The van der Waals surface area contributed by atoms with E-state index in [9.17, 15) is 9.59 Å². The van der Waals surface area contributed by atoms with Gasteiger partial charge in [0.15, 0.2) is 0 Å². The Labute approximate surface area is 118 Å². The van der Waals surface area contributed by atoms with E-state index in [2.05, 4.69) is 5.32 Å². The van der Waals surface area contributed by atoms with Crippen LogP contribution in [0.25, 0.3) is 0 Å². The lowest BCUT2D eigenvalue weighted by Gasteiger charge is -2.27. The first kappa shape index (κ1) is 14.5. The average Bonchev–Trinajstić information content (AvgIpc) is 2.55. The van der Waals surface area contributed by atoms with Crippen LogP contribution < -0.4 is 10.1 Å². The normalized spacial score (nSPS) is 21.1. The molecule has 1 aliphatic rings. The molecule has 1 aromatic carbocycles. The summed E-state index contributed by atoms with van der Waals surface area (Å²) in [6.45, 7) is 5.33. The highest BCUT2D eigenvalue weighted by molar-refractivity contribution is 5.85. The van der Waals surface area contributed by atoms with Gasteiger partial charge in [-0.2, -0.15) is 0 Å². The maximum Gasteiger partial charge on any atom is 0.308 e. The fourth-order valence-corrected chi connectivity index (χ4v) is 2.33. The average molecular weight is 276 g/mol. The molecule has 108 valence electrons. The Balaban J connectivity index is 2.04. The molecule has 2 rings (SSSR count). The van der Waals surface area contributed by atoms with Crippen molar-refractivity contribution in [3.8, 4) is 5.75 Å². The lowest BCUT2D eigenvalue weighted by molar-refractivity contribution is -0.132. The molecule has 0 unspecified atom stereocenters. The largest absolute Gasteiger partial charge is 0.427 e. The molecule has 1 amide bonds. The Hall–Kier alpha value is -1.88. The van der Waals surface area contributed by atoms with E-state index in [-0.39, 0.29) is 23.6 Å². The quantitative estimate of drug-likeness (QED) is 0.668. The Morgan fingerprint density at radius 3 is 2.40 bits per heavy atom. The molecule has 1 heterocycles. The van der Waals surface area contributed by atoms with Gasteiger partial charge in [0.1, 0.15) is 5.75 Å². The third-order valence-electron chi connectivity index (χ3n) is 3.62. The summed E-state index contributed by atoms with van der Waals surface area (Å²) < 4.78 is 4.98. The molecule has 0 aromatic heterocycles. The van der Waals surface area contributed by atoms with Gasteiger partial charge in [0.2, 0.25) is 5.91 Å². The molecule has 1 fully saturated rings. The SMILES string of the molecule is CC(=O)Oc1ccc(C[C@@H]2NC(C)(C)N(C)C2=O)cc1. The van der Waals surface area contributed by atoms with Crippen LogP contribution in [-0.2, 0) is 16.0 Å². The maximum absolute atomic E-state index is 12.1. The Bertz CT molecular complexity index is 522. The van der Waals surface area contributed by atoms with Crippen LogP contribution in [-0.4, -0.2) is 35.5 Å². The van der Waals surface area contributed by atoms with Crippen molar-refractivity contribution in [1.82, 2.24) is 10.2 Å². The number of hydrogen-bond acceptors (Lipinski definition) is 4. The topological polar surface area (TPSA) is 58.6 Å². The molecule has 5 nitrogen and oxygen atoms in total. The zero-order valence-corrected chi connectivity index (χ0v) is 12.3. The highest BCUT2D eigenvalue weighted by Gasteiger charge is 2.41. The number of carbonyl (C=O) groups is 2. The summed E-state index contributed by atoms with van der Waals surface area (Å²) in [5, 5.41) is 3.32. The standard InChI is InChI=1S/C15H20N2O3/c1-10(18)20-12-7-5-11(6-8-12)9-13-14(19)17(4)15(2,3)16-13/h5-8,13,16H,9H2,1-4H3/t13-/m0/s1. The minimum Gasteiger partial charge on any atom is -0.427 e.